The van der Waals surface area contributed by atoms with Crippen LogP contribution in [0.1, 0.15) is 5.56 Å². The Bertz CT molecular complexity index is 360. The molecule has 0 heterocycles. The van der Waals surface area contributed by atoms with E-state index in [0.29, 0.717) is 17.1 Å². The molecule has 0 atom stereocenters. The molecule has 0 aliphatic rings. The van der Waals surface area contributed by atoms with Gasteiger partial charge in [0.05, 0.1) is 19.8 Å². The van der Waals surface area contributed by atoms with Gasteiger partial charge in [-0.3, -0.25) is 0 Å². The second kappa shape index (κ2) is 5.05. The third-order valence-electron chi connectivity index (χ3n) is 1.86. The number of carboxylic acid groups (broad SMARTS) is 1. The van der Waals surface area contributed by atoms with Crippen LogP contribution in [0.3, 0.4) is 0 Å². The third kappa shape index (κ3) is 2.74. The summed E-state index contributed by atoms with van der Waals surface area (Å²) in [6.07, 6.45) is 2.49. The second-order valence-corrected chi connectivity index (χ2v) is 2.75. The van der Waals surface area contributed by atoms with Crippen molar-refractivity contribution in [3.05, 3.63) is 29.8 Å². The van der Waals surface area contributed by atoms with Crippen molar-refractivity contribution in [2.75, 3.05) is 14.2 Å². The smallest absolute Gasteiger partial charge is 0.328 e. The molecule has 0 bridgehead atoms. The average molecular weight is 208 g/mol. The molecule has 0 spiro atoms. The van der Waals surface area contributed by atoms with E-state index in [1.807, 2.05) is 0 Å². The van der Waals surface area contributed by atoms with Crippen molar-refractivity contribution in [3.8, 4) is 11.5 Å². The fraction of sp³-hybridized carbons (Fsp3) is 0.182. The second-order valence-electron chi connectivity index (χ2n) is 2.75. The Balaban J connectivity index is 3.16. The molecule has 0 saturated carbocycles. The molecule has 1 N–H and O–H groups in total. The van der Waals surface area contributed by atoms with E-state index in [0.717, 1.165) is 6.08 Å². The zero-order valence-electron chi connectivity index (χ0n) is 8.56. The maximum Gasteiger partial charge on any atom is 0.328 e. The number of rotatable bonds is 4. The van der Waals surface area contributed by atoms with E-state index in [4.69, 9.17) is 14.6 Å². The van der Waals surface area contributed by atoms with Gasteiger partial charge >= 0.3 is 5.97 Å². The van der Waals surface area contributed by atoms with Crippen LogP contribution in [0.15, 0.2) is 24.3 Å². The Morgan fingerprint density at radius 3 is 2.20 bits per heavy atom. The summed E-state index contributed by atoms with van der Waals surface area (Å²) in [7, 11) is 3.04. The highest BCUT2D eigenvalue weighted by molar-refractivity contribution is 5.86. The SMILES string of the molecule is COc1cccc(OC)c1/C=C/C(=O)O. The van der Waals surface area contributed by atoms with E-state index in [1.165, 1.54) is 20.3 Å². The van der Waals surface area contributed by atoms with Crippen molar-refractivity contribution in [2.45, 2.75) is 0 Å². The van der Waals surface area contributed by atoms with Crippen molar-refractivity contribution >= 4 is 12.0 Å². The summed E-state index contributed by atoms with van der Waals surface area (Å²) in [6.45, 7) is 0. The molecule has 0 aliphatic heterocycles. The normalized spacial score (nSPS) is 10.3. The van der Waals surface area contributed by atoms with Gasteiger partial charge in [0.1, 0.15) is 11.5 Å². The van der Waals surface area contributed by atoms with Gasteiger partial charge in [0, 0.05) is 6.08 Å². The van der Waals surface area contributed by atoms with Crippen LogP contribution in [0.4, 0.5) is 0 Å². The molecule has 1 aromatic rings. The molecule has 1 aromatic carbocycles. The lowest BCUT2D eigenvalue weighted by molar-refractivity contribution is -0.131. The molecule has 15 heavy (non-hydrogen) atoms. The van der Waals surface area contributed by atoms with Crippen LogP contribution in [0, 0.1) is 0 Å². The quantitative estimate of drug-likeness (QED) is 0.766. The van der Waals surface area contributed by atoms with Crippen LogP contribution in [0.2, 0.25) is 0 Å². The first-order valence-corrected chi connectivity index (χ1v) is 4.31. The lowest BCUT2D eigenvalue weighted by Gasteiger charge is -2.08. The molecular formula is C11H12O4. The number of ether oxygens (including phenoxy) is 2. The first-order chi connectivity index (χ1) is 7.19. The summed E-state index contributed by atoms with van der Waals surface area (Å²) in [5.41, 5.74) is 0.616. The van der Waals surface area contributed by atoms with Gasteiger partial charge in [0.25, 0.3) is 0 Å². The molecule has 0 saturated heterocycles. The first kappa shape index (κ1) is 11.1. The van der Waals surface area contributed by atoms with Crippen LogP contribution < -0.4 is 9.47 Å². The Morgan fingerprint density at radius 1 is 1.27 bits per heavy atom. The minimum absolute atomic E-state index is 0.576. The highest BCUT2D eigenvalue weighted by atomic mass is 16.5. The van der Waals surface area contributed by atoms with Crippen molar-refractivity contribution in [2.24, 2.45) is 0 Å². The molecule has 4 heteroatoms. The molecule has 4 nitrogen and oxygen atoms in total. The van der Waals surface area contributed by atoms with Crippen LogP contribution in [0.25, 0.3) is 6.08 Å². The highest BCUT2D eigenvalue weighted by Gasteiger charge is 2.06. The number of carbonyl (C=O) groups is 1. The number of carboxylic acids is 1. The van der Waals surface area contributed by atoms with Gasteiger partial charge < -0.3 is 14.6 Å². The maximum absolute atomic E-state index is 10.4. The van der Waals surface area contributed by atoms with E-state index in [2.05, 4.69) is 0 Å². The Kier molecular flexibility index (Phi) is 3.74. The molecule has 1 rings (SSSR count). The molecule has 0 unspecified atom stereocenters. The fourth-order valence-electron chi connectivity index (χ4n) is 1.20. The van der Waals surface area contributed by atoms with Gasteiger partial charge in [-0.05, 0) is 18.2 Å². The van der Waals surface area contributed by atoms with E-state index in [-0.39, 0.29) is 0 Å². The average Bonchev–Trinajstić information content (AvgIpc) is 2.25. The molecule has 0 aromatic heterocycles. The molecule has 0 fully saturated rings. The summed E-state index contributed by atoms with van der Waals surface area (Å²) in [5.74, 6) is 0.140. The third-order valence-corrected chi connectivity index (χ3v) is 1.86. The predicted octanol–water partition coefficient (Wildman–Crippen LogP) is 1.80. The minimum atomic E-state index is -1.01. The van der Waals surface area contributed by atoms with Crippen LogP contribution in [0.5, 0.6) is 11.5 Å². The van der Waals surface area contributed by atoms with E-state index >= 15 is 0 Å². The molecule has 80 valence electrons. The Morgan fingerprint density at radius 2 is 1.80 bits per heavy atom. The van der Waals surface area contributed by atoms with Crippen LogP contribution in [-0.2, 0) is 4.79 Å². The van der Waals surface area contributed by atoms with Gasteiger partial charge in [-0.15, -0.1) is 0 Å². The molecule has 0 radical (unpaired) electrons. The van der Waals surface area contributed by atoms with E-state index in [1.54, 1.807) is 18.2 Å². The Labute approximate surface area is 87.7 Å². The number of benzene rings is 1. The van der Waals surface area contributed by atoms with E-state index in [9.17, 15) is 4.79 Å². The summed E-state index contributed by atoms with van der Waals surface area (Å²) >= 11 is 0. The summed E-state index contributed by atoms with van der Waals surface area (Å²) in [4.78, 5) is 10.4. The van der Waals surface area contributed by atoms with Crippen LogP contribution >= 0.6 is 0 Å². The molecule has 0 aliphatic carbocycles. The lowest BCUT2D eigenvalue weighted by Crippen LogP contribution is -1.93. The number of hydrogen-bond donors (Lipinski definition) is 1. The maximum atomic E-state index is 10.4. The monoisotopic (exact) mass is 208 g/mol. The number of methoxy groups -OCH3 is 2. The zero-order valence-corrected chi connectivity index (χ0v) is 8.56. The highest BCUT2D eigenvalue weighted by Crippen LogP contribution is 2.29. The van der Waals surface area contributed by atoms with Crippen molar-refractivity contribution in [1.82, 2.24) is 0 Å². The van der Waals surface area contributed by atoms with Crippen LogP contribution in [-0.4, -0.2) is 25.3 Å². The van der Waals surface area contributed by atoms with Gasteiger partial charge in [-0.1, -0.05) is 6.07 Å². The van der Waals surface area contributed by atoms with Gasteiger partial charge in [0.2, 0.25) is 0 Å². The van der Waals surface area contributed by atoms with Crippen molar-refractivity contribution < 1.29 is 19.4 Å². The molecule has 0 amide bonds. The van der Waals surface area contributed by atoms with Gasteiger partial charge in [0.15, 0.2) is 0 Å². The standard InChI is InChI=1S/C11H12O4/c1-14-9-4-3-5-10(15-2)8(9)6-7-11(12)13/h3-7H,1-2H3,(H,12,13)/b7-6+. The fourth-order valence-corrected chi connectivity index (χ4v) is 1.20. The number of aliphatic carboxylic acids is 1. The van der Waals surface area contributed by atoms with Crippen molar-refractivity contribution in [1.29, 1.82) is 0 Å². The summed E-state index contributed by atoms with van der Waals surface area (Å²) in [5, 5.41) is 8.53. The topological polar surface area (TPSA) is 55.8 Å². The lowest BCUT2D eigenvalue weighted by atomic mass is 10.1. The Hall–Kier alpha value is -1.97. The summed E-state index contributed by atoms with van der Waals surface area (Å²) in [6, 6.07) is 5.25. The van der Waals surface area contributed by atoms with Crippen molar-refractivity contribution in [3.63, 3.8) is 0 Å². The predicted molar refractivity (Wildman–Crippen MR) is 56.2 cm³/mol. The summed E-state index contributed by atoms with van der Waals surface area (Å²) < 4.78 is 10.2. The zero-order chi connectivity index (χ0) is 11.3. The first-order valence-electron chi connectivity index (χ1n) is 4.31. The van der Waals surface area contributed by atoms with E-state index < -0.39 is 5.97 Å². The van der Waals surface area contributed by atoms with Gasteiger partial charge in [-0.25, -0.2) is 4.79 Å². The largest absolute Gasteiger partial charge is 0.496 e. The molecular weight excluding hydrogens is 196 g/mol. The minimum Gasteiger partial charge on any atom is -0.496 e. The van der Waals surface area contributed by atoms with Gasteiger partial charge in [-0.2, -0.15) is 0 Å². The number of hydrogen-bond acceptors (Lipinski definition) is 3.